The molecule has 0 saturated heterocycles. The minimum absolute atomic E-state index is 0.103. The second kappa shape index (κ2) is 24.6. The molecule has 0 aromatic heterocycles. The molecular formula is C29H50O7. The van der Waals surface area contributed by atoms with Crippen molar-refractivity contribution in [3.05, 3.63) is 29.8 Å². The summed E-state index contributed by atoms with van der Waals surface area (Å²) in [5.41, 5.74) is 0.435. The summed E-state index contributed by atoms with van der Waals surface area (Å²) in [5, 5.41) is 26.6. The Hall–Kier alpha value is -2.12. The van der Waals surface area contributed by atoms with Gasteiger partial charge in [-0.25, -0.2) is 4.79 Å². The lowest BCUT2D eigenvalue weighted by Crippen LogP contribution is -2.21. The third-order valence-electron chi connectivity index (χ3n) is 5.92. The average molecular weight is 511 g/mol. The maximum atomic E-state index is 11.4. The number of aliphatic hydroxyl groups is 2. The van der Waals surface area contributed by atoms with Crippen LogP contribution >= 0.6 is 0 Å². The number of phenols is 1. The number of aliphatic hydroxyl groups excluding tert-OH is 2. The normalized spacial score (nSPS) is 11.3. The Balaban J connectivity index is 0.000000918. The summed E-state index contributed by atoms with van der Waals surface area (Å²) in [6.45, 7) is 1.79. The Bertz CT molecular complexity index is 646. The first-order valence-electron chi connectivity index (χ1n) is 13.8. The van der Waals surface area contributed by atoms with Crippen LogP contribution in [-0.2, 0) is 14.3 Å². The number of rotatable bonds is 20. The fourth-order valence-electron chi connectivity index (χ4n) is 3.67. The fraction of sp³-hybridized carbons (Fsp3) is 0.724. The zero-order valence-electron chi connectivity index (χ0n) is 22.6. The van der Waals surface area contributed by atoms with E-state index in [1.165, 1.54) is 115 Å². The molecule has 1 aromatic carbocycles. The molecule has 0 heterocycles. The van der Waals surface area contributed by atoms with Crippen LogP contribution in [0, 0.1) is 0 Å². The summed E-state index contributed by atoms with van der Waals surface area (Å²) in [6.07, 6.45) is 19.0. The Labute approximate surface area is 218 Å². The summed E-state index contributed by atoms with van der Waals surface area (Å²) >= 11 is 0. The molecule has 36 heavy (non-hydrogen) atoms. The van der Waals surface area contributed by atoms with E-state index in [9.17, 15) is 9.59 Å². The highest BCUT2D eigenvalue weighted by Crippen LogP contribution is 2.14. The molecule has 0 bridgehead atoms. The van der Waals surface area contributed by atoms with Crippen molar-refractivity contribution in [2.24, 2.45) is 0 Å². The maximum Gasteiger partial charge on any atom is 0.337 e. The van der Waals surface area contributed by atoms with Crippen molar-refractivity contribution >= 4 is 11.9 Å². The molecule has 0 aliphatic heterocycles. The Kier molecular flexibility index (Phi) is 23.1. The molecule has 1 aromatic rings. The van der Waals surface area contributed by atoms with Gasteiger partial charge in [0.1, 0.15) is 18.5 Å². The third kappa shape index (κ3) is 21.2. The highest BCUT2D eigenvalue weighted by atomic mass is 16.5. The van der Waals surface area contributed by atoms with Gasteiger partial charge in [-0.2, -0.15) is 0 Å². The summed E-state index contributed by atoms with van der Waals surface area (Å²) in [6, 6.07) is 5.88. The first kappa shape index (κ1) is 33.9. The number of carbonyl (C=O) groups excluding carboxylic acids is 2. The number of ether oxygens (including phenoxy) is 2. The highest BCUT2D eigenvalue weighted by molar-refractivity contribution is 5.89. The molecule has 7 nitrogen and oxygen atoms in total. The van der Waals surface area contributed by atoms with Gasteiger partial charge in [-0.15, -0.1) is 0 Å². The number of methoxy groups -OCH3 is 1. The van der Waals surface area contributed by atoms with Crippen LogP contribution in [0.5, 0.6) is 5.75 Å². The van der Waals surface area contributed by atoms with E-state index < -0.39 is 12.1 Å². The van der Waals surface area contributed by atoms with Crippen molar-refractivity contribution in [1.82, 2.24) is 0 Å². The van der Waals surface area contributed by atoms with Gasteiger partial charge < -0.3 is 24.8 Å². The molecule has 1 unspecified atom stereocenters. The Morgan fingerprint density at radius 3 is 1.64 bits per heavy atom. The van der Waals surface area contributed by atoms with E-state index in [1.807, 2.05) is 0 Å². The second-order valence-electron chi connectivity index (χ2n) is 9.26. The van der Waals surface area contributed by atoms with Crippen LogP contribution in [0.15, 0.2) is 24.3 Å². The first-order valence-corrected chi connectivity index (χ1v) is 13.8. The zero-order valence-corrected chi connectivity index (χ0v) is 22.6. The van der Waals surface area contributed by atoms with Crippen LogP contribution in [0.25, 0.3) is 0 Å². The van der Waals surface area contributed by atoms with Crippen molar-refractivity contribution in [2.75, 3.05) is 20.3 Å². The number of unbranched alkanes of at least 4 members (excludes halogenated alkanes) is 14. The van der Waals surface area contributed by atoms with Crippen LogP contribution < -0.4 is 0 Å². The van der Waals surface area contributed by atoms with E-state index in [-0.39, 0.29) is 24.9 Å². The summed E-state index contributed by atoms with van der Waals surface area (Å²) in [4.78, 5) is 22.2. The molecule has 7 heteroatoms. The zero-order chi connectivity index (χ0) is 26.9. The lowest BCUT2D eigenvalue weighted by Gasteiger charge is -2.08. The van der Waals surface area contributed by atoms with Gasteiger partial charge in [0, 0.05) is 6.42 Å². The molecule has 0 amide bonds. The number of benzene rings is 1. The minimum Gasteiger partial charge on any atom is -0.508 e. The quantitative estimate of drug-likeness (QED) is 0.139. The SMILES string of the molecule is CCCCCCCCCCCCCCCCCC(=O)OCC(O)CO.COC(=O)c1ccc(O)cc1. The van der Waals surface area contributed by atoms with E-state index in [4.69, 9.17) is 20.1 Å². The minimum atomic E-state index is -0.954. The largest absolute Gasteiger partial charge is 0.508 e. The Morgan fingerprint density at radius 1 is 0.778 bits per heavy atom. The summed E-state index contributed by atoms with van der Waals surface area (Å²) < 4.78 is 9.32. The first-order chi connectivity index (χ1) is 17.4. The van der Waals surface area contributed by atoms with Crippen LogP contribution in [0.4, 0.5) is 0 Å². The number of aromatic hydroxyl groups is 1. The van der Waals surface area contributed by atoms with Crippen LogP contribution in [0.1, 0.15) is 120 Å². The monoisotopic (exact) mass is 510 g/mol. The predicted molar refractivity (Wildman–Crippen MR) is 143 cm³/mol. The van der Waals surface area contributed by atoms with E-state index >= 15 is 0 Å². The molecule has 1 rings (SSSR count). The molecule has 3 N–H and O–H groups in total. The lowest BCUT2D eigenvalue weighted by molar-refractivity contribution is -0.147. The van der Waals surface area contributed by atoms with Gasteiger partial charge in [-0.1, -0.05) is 96.8 Å². The second-order valence-corrected chi connectivity index (χ2v) is 9.26. The van der Waals surface area contributed by atoms with Crippen molar-refractivity contribution in [3.8, 4) is 5.75 Å². The van der Waals surface area contributed by atoms with Crippen molar-refractivity contribution in [2.45, 2.75) is 116 Å². The average Bonchev–Trinajstić information content (AvgIpc) is 2.89. The van der Waals surface area contributed by atoms with Gasteiger partial charge in [0.2, 0.25) is 0 Å². The van der Waals surface area contributed by atoms with Crippen LogP contribution in [-0.4, -0.2) is 53.7 Å². The summed E-state index contributed by atoms with van der Waals surface area (Å²) in [5.74, 6) is -0.537. The number of carbonyl (C=O) groups is 2. The molecule has 0 aliphatic carbocycles. The molecule has 0 spiro atoms. The van der Waals surface area contributed by atoms with Crippen molar-refractivity contribution in [3.63, 3.8) is 0 Å². The molecule has 0 saturated carbocycles. The van der Waals surface area contributed by atoms with Gasteiger partial charge in [-0.3, -0.25) is 4.79 Å². The van der Waals surface area contributed by atoms with Crippen molar-refractivity contribution < 1.29 is 34.4 Å². The predicted octanol–water partition coefficient (Wildman–Crippen LogP) is 6.32. The molecule has 208 valence electrons. The van der Waals surface area contributed by atoms with Crippen LogP contribution in [0.2, 0.25) is 0 Å². The van der Waals surface area contributed by atoms with Gasteiger partial charge in [0.25, 0.3) is 0 Å². The maximum absolute atomic E-state index is 11.4. The smallest absolute Gasteiger partial charge is 0.337 e. The molecular weight excluding hydrogens is 460 g/mol. The van der Waals surface area contributed by atoms with E-state index in [1.54, 1.807) is 0 Å². The Morgan fingerprint density at radius 2 is 1.22 bits per heavy atom. The number of hydrogen-bond acceptors (Lipinski definition) is 7. The standard InChI is InChI=1S/C21H42O4.C8H8O3/c1-2-3-4-5-6-7-8-9-10-11-12-13-14-15-16-17-21(24)25-19-20(23)18-22;1-11-8(10)6-2-4-7(9)5-3-6/h20,22-23H,2-19H2,1H3;2-5,9H,1H3. The van der Waals surface area contributed by atoms with Gasteiger partial charge >= 0.3 is 11.9 Å². The molecule has 0 aliphatic rings. The van der Waals surface area contributed by atoms with E-state index in [0.717, 1.165) is 12.8 Å². The molecule has 0 radical (unpaired) electrons. The van der Waals surface area contributed by atoms with Crippen molar-refractivity contribution in [1.29, 1.82) is 0 Å². The van der Waals surface area contributed by atoms with Gasteiger partial charge in [0.05, 0.1) is 19.3 Å². The number of phenolic OH excluding ortho intramolecular Hbond substituents is 1. The van der Waals surface area contributed by atoms with Crippen LogP contribution in [0.3, 0.4) is 0 Å². The van der Waals surface area contributed by atoms with Gasteiger partial charge in [0.15, 0.2) is 0 Å². The molecule has 1 atom stereocenters. The summed E-state index contributed by atoms with van der Waals surface area (Å²) in [7, 11) is 1.31. The highest BCUT2D eigenvalue weighted by Gasteiger charge is 2.07. The number of esters is 2. The topological polar surface area (TPSA) is 113 Å². The molecule has 0 fully saturated rings. The third-order valence-corrected chi connectivity index (χ3v) is 5.92. The van der Waals surface area contributed by atoms with Gasteiger partial charge in [-0.05, 0) is 30.7 Å². The van der Waals surface area contributed by atoms with E-state index in [0.29, 0.717) is 12.0 Å². The lowest BCUT2D eigenvalue weighted by atomic mass is 10.0. The fourth-order valence-corrected chi connectivity index (χ4v) is 3.67. The van der Waals surface area contributed by atoms with E-state index in [2.05, 4.69) is 11.7 Å². The number of hydrogen-bond donors (Lipinski definition) is 3.